The fourth-order valence-corrected chi connectivity index (χ4v) is 5.49. The van der Waals surface area contributed by atoms with Crippen molar-refractivity contribution >= 4 is 54.6 Å². The van der Waals surface area contributed by atoms with Crippen LogP contribution in [0.2, 0.25) is 5.02 Å². The number of nitrogens with zero attached hydrogens (tertiary/aromatic N) is 4. The highest BCUT2D eigenvalue weighted by Gasteiger charge is 2.31. The van der Waals surface area contributed by atoms with Crippen molar-refractivity contribution in [1.29, 1.82) is 5.26 Å². The molecule has 2 aromatic heterocycles. The molecule has 4 aromatic rings. The van der Waals surface area contributed by atoms with E-state index in [9.17, 15) is 13.7 Å². The van der Waals surface area contributed by atoms with Gasteiger partial charge in [0.25, 0.3) is 10.0 Å². The predicted octanol–water partition coefficient (Wildman–Crippen LogP) is 4.75. The Balaban J connectivity index is 1.96. The molecule has 150 valence electrons. The highest BCUT2D eigenvalue weighted by atomic mass is 35.5. The lowest BCUT2D eigenvalue weighted by atomic mass is 10.1. The number of anilines is 2. The zero-order chi connectivity index (χ0) is 21.3. The van der Waals surface area contributed by atoms with Crippen LogP contribution in [-0.2, 0) is 10.0 Å². The van der Waals surface area contributed by atoms with Crippen LogP contribution in [0, 0.1) is 11.3 Å². The lowest BCUT2D eigenvalue weighted by molar-refractivity contribution is 0.416. The van der Waals surface area contributed by atoms with E-state index < -0.39 is 10.0 Å². The Labute approximate surface area is 181 Å². The maximum absolute atomic E-state index is 13.7. The minimum Gasteiger partial charge on any atom is -0.494 e. The summed E-state index contributed by atoms with van der Waals surface area (Å²) < 4.78 is 34.0. The molecule has 0 unspecified atom stereocenters. The number of halogens is 1. The van der Waals surface area contributed by atoms with Crippen LogP contribution in [0.15, 0.2) is 65.3 Å². The number of nitriles is 1. The highest BCUT2D eigenvalue weighted by molar-refractivity contribution is 7.93. The van der Waals surface area contributed by atoms with E-state index in [1.165, 1.54) is 49.0 Å². The Hall–Kier alpha value is -3.19. The Morgan fingerprint density at radius 2 is 2.03 bits per heavy atom. The summed E-state index contributed by atoms with van der Waals surface area (Å²) in [5.41, 5.74) is 0.557. The van der Waals surface area contributed by atoms with Gasteiger partial charge in [-0.25, -0.2) is 17.7 Å². The van der Waals surface area contributed by atoms with Gasteiger partial charge in [-0.3, -0.25) is 4.98 Å². The van der Waals surface area contributed by atoms with Crippen LogP contribution in [0.5, 0.6) is 5.75 Å². The molecule has 2 heterocycles. The number of thiazole rings is 1. The van der Waals surface area contributed by atoms with Gasteiger partial charge in [-0.1, -0.05) is 17.7 Å². The molecule has 0 radical (unpaired) electrons. The van der Waals surface area contributed by atoms with Crippen molar-refractivity contribution < 1.29 is 13.2 Å². The van der Waals surface area contributed by atoms with Gasteiger partial charge in [0.1, 0.15) is 17.5 Å². The monoisotopic (exact) mass is 456 g/mol. The summed E-state index contributed by atoms with van der Waals surface area (Å²) in [6, 6.07) is 11.3. The summed E-state index contributed by atoms with van der Waals surface area (Å²) in [6.07, 6.45) is 4.50. The molecule has 0 N–H and O–H groups in total. The molecule has 4 rings (SSSR count). The van der Waals surface area contributed by atoms with Gasteiger partial charge < -0.3 is 4.74 Å². The first-order chi connectivity index (χ1) is 14.5. The number of hydrogen-bond acceptors (Lipinski definition) is 7. The van der Waals surface area contributed by atoms with Crippen molar-refractivity contribution in [3.63, 3.8) is 0 Å². The Morgan fingerprint density at radius 3 is 2.73 bits per heavy atom. The van der Waals surface area contributed by atoms with Gasteiger partial charge in [-0.15, -0.1) is 11.3 Å². The molecule has 2 aromatic carbocycles. The molecular formula is C20H13ClN4O3S2. The summed E-state index contributed by atoms with van der Waals surface area (Å²) in [4.78, 5) is 8.21. The third-order valence-electron chi connectivity index (χ3n) is 4.34. The molecule has 0 spiro atoms. The molecule has 30 heavy (non-hydrogen) atoms. The Kier molecular flexibility index (Phi) is 5.30. The van der Waals surface area contributed by atoms with Crippen LogP contribution < -0.4 is 9.04 Å². The molecule has 0 saturated carbocycles. The SMILES string of the molecule is COc1cc(Cl)ccc1N(c1nccs1)S(=O)(=O)c1ccc2cncc(C#N)c2c1. The van der Waals surface area contributed by atoms with Crippen LogP contribution >= 0.6 is 22.9 Å². The second-order valence-corrected chi connectivity index (χ2v) is 9.18. The second kappa shape index (κ2) is 7.91. The largest absolute Gasteiger partial charge is 0.494 e. The maximum atomic E-state index is 13.7. The first-order valence-corrected chi connectivity index (χ1v) is 11.2. The summed E-state index contributed by atoms with van der Waals surface area (Å²) in [7, 11) is -2.68. The highest BCUT2D eigenvalue weighted by Crippen LogP contribution is 2.40. The van der Waals surface area contributed by atoms with E-state index in [0.29, 0.717) is 15.8 Å². The minimum absolute atomic E-state index is 0.00454. The number of sulfonamides is 1. The van der Waals surface area contributed by atoms with E-state index in [0.717, 1.165) is 4.31 Å². The quantitative estimate of drug-likeness (QED) is 0.430. The third kappa shape index (κ3) is 3.45. The first kappa shape index (κ1) is 20.1. The van der Waals surface area contributed by atoms with Crippen LogP contribution in [0.4, 0.5) is 10.8 Å². The lowest BCUT2D eigenvalue weighted by Crippen LogP contribution is -2.26. The van der Waals surface area contributed by atoms with E-state index in [1.807, 2.05) is 6.07 Å². The summed E-state index contributed by atoms with van der Waals surface area (Å²) in [5.74, 6) is 0.281. The topological polar surface area (TPSA) is 96.2 Å². The van der Waals surface area contributed by atoms with Crippen molar-refractivity contribution in [3.05, 3.63) is 71.0 Å². The molecule has 7 nitrogen and oxygen atoms in total. The van der Waals surface area contributed by atoms with Crippen molar-refractivity contribution in [2.24, 2.45) is 0 Å². The van der Waals surface area contributed by atoms with Crippen LogP contribution in [0.1, 0.15) is 5.56 Å². The maximum Gasteiger partial charge on any atom is 0.270 e. The number of benzene rings is 2. The second-order valence-electron chi connectivity index (χ2n) is 6.08. The summed E-state index contributed by atoms with van der Waals surface area (Å²) >= 11 is 7.22. The predicted molar refractivity (Wildman–Crippen MR) is 116 cm³/mol. The van der Waals surface area contributed by atoms with Gasteiger partial charge in [0, 0.05) is 45.8 Å². The van der Waals surface area contributed by atoms with E-state index in [1.54, 1.807) is 29.8 Å². The molecule has 0 bridgehead atoms. The van der Waals surface area contributed by atoms with Crippen molar-refractivity contribution in [3.8, 4) is 11.8 Å². The van der Waals surface area contributed by atoms with Gasteiger partial charge in [0.15, 0.2) is 0 Å². The van der Waals surface area contributed by atoms with Crippen molar-refractivity contribution in [2.75, 3.05) is 11.4 Å². The fraction of sp³-hybridized carbons (Fsp3) is 0.0500. The molecule has 0 aliphatic carbocycles. The number of methoxy groups -OCH3 is 1. The van der Waals surface area contributed by atoms with Crippen LogP contribution in [0.3, 0.4) is 0 Å². The normalized spacial score (nSPS) is 11.2. The van der Waals surface area contributed by atoms with Crippen molar-refractivity contribution in [1.82, 2.24) is 9.97 Å². The number of rotatable bonds is 5. The van der Waals surface area contributed by atoms with E-state index in [-0.39, 0.29) is 27.0 Å². The molecule has 0 aliphatic heterocycles. The van der Waals surface area contributed by atoms with Crippen LogP contribution in [-0.4, -0.2) is 25.5 Å². The van der Waals surface area contributed by atoms with Crippen molar-refractivity contribution in [2.45, 2.75) is 4.90 Å². The van der Waals surface area contributed by atoms with Gasteiger partial charge in [0.2, 0.25) is 5.13 Å². The van der Waals surface area contributed by atoms with Gasteiger partial charge >= 0.3 is 0 Å². The molecule has 0 amide bonds. The van der Waals surface area contributed by atoms with E-state index in [4.69, 9.17) is 16.3 Å². The molecule has 0 saturated heterocycles. The van der Waals surface area contributed by atoms with Gasteiger partial charge in [-0.05, 0) is 24.3 Å². The molecular weight excluding hydrogens is 444 g/mol. The Bertz CT molecular complexity index is 1380. The summed E-state index contributed by atoms with van der Waals surface area (Å²) in [5, 5.41) is 12.9. The first-order valence-electron chi connectivity index (χ1n) is 8.52. The summed E-state index contributed by atoms with van der Waals surface area (Å²) in [6.45, 7) is 0. The lowest BCUT2D eigenvalue weighted by Gasteiger charge is -2.24. The molecule has 0 fully saturated rings. The number of hydrogen-bond donors (Lipinski definition) is 0. The Morgan fingerprint density at radius 1 is 1.20 bits per heavy atom. The molecule has 0 aliphatic rings. The number of ether oxygens (including phenoxy) is 1. The number of pyridine rings is 1. The number of aromatic nitrogens is 2. The number of fused-ring (bicyclic) bond motifs is 1. The smallest absolute Gasteiger partial charge is 0.270 e. The molecule has 0 atom stereocenters. The third-order valence-corrected chi connectivity index (χ3v) is 7.15. The zero-order valence-corrected chi connectivity index (χ0v) is 17.9. The average Bonchev–Trinajstić information content (AvgIpc) is 3.28. The molecule has 10 heteroatoms. The van der Waals surface area contributed by atoms with E-state index >= 15 is 0 Å². The van der Waals surface area contributed by atoms with Crippen LogP contribution in [0.25, 0.3) is 10.8 Å². The fourth-order valence-electron chi connectivity index (χ4n) is 2.97. The minimum atomic E-state index is -4.11. The van der Waals surface area contributed by atoms with Gasteiger partial charge in [-0.2, -0.15) is 5.26 Å². The average molecular weight is 457 g/mol. The van der Waals surface area contributed by atoms with E-state index in [2.05, 4.69) is 9.97 Å². The van der Waals surface area contributed by atoms with Gasteiger partial charge in [0.05, 0.1) is 17.6 Å². The zero-order valence-electron chi connectivity index (χ0n) is 15.5. The standard InChI is InChI=1S/C20H13ClN4O3S2/c1-28-19-8-15(21)3-5-18(19)25(20-24-6-7-29-20)30(26,27)16-4-2-13-11-23-12-14(10-22)17(13)9-16/h2-9,11-12H,1H3.